The maximum atomic E-state index is 12.9. The van der Waals surface area contributed by atoms with Crippen molar-refractivity contribution in [3.05, 3.63) is 47.0 Å². The van der Waals surface area contributed by atoms with Crippen LogP contribution in [0.4, 0.5) is 0 Å². The third-order valence-electron chi connectivity index (χ3n) is 4.79. The average molecular weight is 365 g/mol. The molecule has 2 aromatic heterocycles. The summed E-state index contributed by atoms with van der Waals surface area (Å²) in [6, 6.07) is 14.1. The zero-order valence-electron chi connectivity index (χ0n) is 14.6. The lowest BCUT2D eigenvalue weighted by molar-refractivity contribution is 0.0746. The summed E-state index contributed by atoms with van der Waals surface area (Å²) in [6.07, 6.45) is 0.877. The topological polar surface area (TPSA) is 58.3 Å². The average Bonchev–Trinajstić information content (AvgIpc) is 3.14. The van der Waals surface area contributed by atoms with Crippen LogP contribution in [-0.2, 0) is 11.8 Å². The van der Waals surface area contributed by atoms with Crippen LogP contribution in [0.5, 0.6) is 0 Å². The molecule has 6 heteroatoms. The van der Waals surface area contributed by atoms with Gasteiger partial charge in [0.05, 0.1) is 11.5 Å². The first kappa shape index (κ1) is 16.8. The molecule has 1 amide bonds. The fourth-order valence-electron chi connectivity index (χ4n) is 3.39. The molecule has 1 aliphatic heterocycles. The number of carbonyl (C=O) groups excluding carboxylic acids is 1. The van der Waals surface area contributed by atoms with E-state index in [0.717, 1.165) is 45.8 Å². The van der Waals surface area contributed by atoms with Crippen LogP contribution >= 0.6 is 11.3 Å². The number of ether oxygens (including phenoxy) is 1. The molecule has 0 bridgehead atoms. The number of thiophene rings is 1. The Hall–Kier alpha value is -2.62. The fraction of sp³-hybridized carbons (Fsp3) is 0.300. The molecule has 3 heterocycles. The Morgan fingerprint density at radius 2 is 2.12 bits per heavy atom. The van der Waals surface area contributed by atoms with E-state index >= 15 is 0 Å². The summed E-state index contributed by atoms with van der Waals surface area (Å²) in [6.45, 7) is 2.70. The highest BCUT2D eigenvalue weighted by molar-refractivity contribution is 7.20. The van der Waals surface area contributed by atoms with Crippen molar-refractivity contribution in [3.63, 3.8) is 0 Å². The fourth-order valence-corrected chi connectivity index (χ4v) is 4.44. The van der Waals surface area contributed by atoms with Crippen LogP contribution in [0.1, 0.15) is 21.8 Å². The Morgan fingerprint density at radius 3 is 2.92 bits per heavy atom. The van der Waals surface area contributed by atoms with Crippen LogP contribution in [0.3, 0.4) is 0 Å². The number of rotatable bonds is 2. The Kier molecular flexibility index (Phi) is 4.49. The second-order valence-corrected chi connectivity index (χ2v) is 7.44. The van der Waals surface area contributed by atoms with Gasteiger partial charge in [-0.3, -0.25) is 4.79 Å². The van der Waals surface area contributed by atoms with Gasteiger partial charge in [-0.1, -0.05) is 12.1 Å². The van der Waals surface area contributed by atoms with E-state index in [0.29, 0.717) is 18.8 Å². The molecule has 0 unspecified atom stereocenters. The normalized spacial score (nSPS) is 15.0. The molecule has 0 N–H and O–H groups in total. The van der Waals surface area contributed by atoms with Crippen LogP contribution < -0.4 is 0 Å². The summed E-state index contributed by atoms with van der Waals surface area (Å²) >= 11 is 1.53. The van der Waals surface area contributed by atoms with Crippen molar-refractivity contribution in [2.24, 2.45) is 7.05 Å². The van der Waals surface area contributed by atoms with E-state index in [-0.39, 0.29) is 5.91 Å². The maximum Gasteiger partial charge on any atom is 0.264 e. The molecule has 1 fully saturated rings. The number of nitriles is 1. The second kappa shape index (κ2) is 6.94. The third kappa shape index (κ3) is 2.90. The van der Waals surface area contributed by atoms with E-state index in [1.165, 1.54) is 11.3 Å². The number of nitrogens with zero attached hydrogens (tertiary/aromatic N) is 3. The molecule has 3 aromatic rings. The molecule has 0 spiro atoms. The molecule has 0 saturated carbocycles. The van der Waals surface area contributed by atoms with Gasteiger partial charge in [0.25, 0.3) is 5.91 Å². The summed E-state index contributed by atoms with van der Waals surface area (Å²) < 4.78 is 8.42. The third-order valence-corrected chi connectivity index (χ3v) is 5.88. The molecule has 26 heavy (non-hydrogen) atoms. The summed E-state index contributed by atoms with van der Waals surface area (Å²) in [4.78, 5) is 15.6. The van der Waals surface area contributed by atoms with Gasteiger partial charge in [-0.25, -0.2) is 0 Å². The molecule has 5 nitrogen and oxygen atoms in total. The molecule has 0 aliphatic carbocycles. The number of benzene rings is 1. The summed E-state index contributed by atoms with van der Waals surface area (Å²) in [5.41, 5.74) is 2.64. The van der Waals surface area contributed by atoms with Crippen molar-refractivity contribution >= 4 is 27.3 Å². The van der Waals surface area contributed by atoms with Crippen molar-refractivity contribution in [1.29, 1.82) is 5.26 Å². The Morgan fingerprint density at radius 1 is 1.23 bits per heavy atom. The number of aromatic nitrogens is 1. The first-order valence-electron chi connectivity index (χ1n) is 8.65. The van der Waals surface area contributed by atoms with Gasteiger partial charge in [0.15, 0.2) is 0 Å². The van der Waals surface area contributed by atoms with Gasteiger partial charge < -0.3 is 14.2 Å². The van der Waals surface area contributed by atoms with E-state index in [1.807, 2.05) is 52.9 Å². The Balaban J connectivity index is 1.75. The number of fused-ring (bicyclic) bond motifs is 1. The molecule has 4 rings (SSSR count). The van der Waals surface area contributed by atoms with Crippen LogP contribution in [0.2, 0.25) is 0 Å². The van der Waals surface area contributed by atoms with E-state index in [1.54, 1.807) is 0 Å². The molecular weight excluding hydrogens is 346 g/mol. The minimum Gasteiger partial charge on any atom is -0.380 e. The number of hydrogen-bond acceptors (Lipinski definition) is 4. The lowest BCUT2D eigenvalue weighted by Gasteiger charge is -2.18. The first-order valence-corrected chi connectivity index (χ1v) is 9.46. The van der Waals surface area contributed by atoms with Crippen molar-refractivity contribution in [1.82, 2.24) is 9.47 Å². The minimum atomic E-state index is 0.0762. The van der Waals surface area contributed by atoms with Gasteiger partial charge in [0.1, 0.15) is 11.8 Å². The van der Waals surface area contributed by atoms with E-state index in [9.17, 15) is 10.1 Å². The van der Waals surface area contributed by atoms with Gasteiger partial charge in [-0.2, -0.15) is 5.26 Å². The van der Waals surface area contributed by atoms with Gasteiger partial charge >= 0.3 is 0 Å². The van der Waals surface area contributed by atoms with Crippen molar-refractivity contribution in [2.75, 3.05) is 26.3 Å². The maximum absolute atomic E-state index is 12.9. The molecule has 0 atom stereocenters. The van der Waals surface area contributed by atoms with E-state index < -0.39 is 0 Å². The van der Waals surface area contributed by atoms with Gasteiger partial charge in [0, 0.05) is 48.1 Å². The van der Waals surface area contributed by atoms with Crippen molar-refractivity contribution < 1.29 is 9.53 Å². The van der Waals surface area contributed by atoms with Crippen LogP contribution in [0.25, 0.3) is 21.3 Å². The Bertz CT molecular complexity index is 1000. The van der Waals surface area contributed by atoms with Gasteiger partial charge in [-0.15, -0.1) is 11.3 Å². The van der Waals surface area contributed by atoms with Crippen LogP contribution in [-0.4, -0.2) is 41.7 Å². The summed E-state index contributed by atoms with van der Waals surface area (Å²) in [5, 5.41) is 10.3. The van der Waals surface area contributed by atoms with Crippen molar-refractivity contribution in [2.45, 2.75) is 6.42 Å². The number of hydrogen-bond donors (Lipinski definition) is 0. The second-order valence-electron chi connectivity index (χ2n) is 6.36. The van der Waals surface area contributed by atoms with E-state index in [4.69, 9.17) is 4.74 Å². The zero-order chi connectivity index (χ0) is 18.1. The summed E-state index contributed by atoms with van der Waals surface area (Å²) in [7, 11) is 1.89. The quantitative estimate of drug-likeness (QED) is 0.697. The Labute approximate surface area is 156 Å². The lowest BCUT2D eigenvalue weighted by atomic mass is 10.1. The lowest BCUT2D eigenvalue weighted by Crippen LogP contribution is -2.32. The SMILES string of the molecule is Cn1c(C#N)ccc1-c1cccc2sc(C(=O)N3CCCOCC3)cc12. The standard InChI is InChI=1S/C20H19N3O2S/c1-22-14(13-21)6-7-17(22)15-4-2-5-18-16(15)12-19(26-18)20(24)23-8-3-10-25-11-9-23/h2,4-7,12H,3,8-11H2,1H3. The number of amides is 1. The zero-order valence-corrected chi connectivity index (χ0v) is 15.4. The predicted octanol–water partition coefficient (Wildman–Crippen LogP) is 3.64. The predicted molar refractivity (Wildman–Crippen MR) is 102 cm³/mol. The molecule has 0 radical (unpaired) electrons. The molecule has 132 valence electrons. The minimum absolute atomic E-state index is 0.0762. The molecule has 1 aromatic carbocycles. The molecular formula is C20H19N3O2S. The monoisotopic (exact) mass is 365 g/mol. The van der Waals surface area contributed by atoms with Crippen LogP contribution in [0, 0.1) is 11.3 Å². The van der Waals surface area contributed by atoms with Crippen LogP contribution in [0.15, 0.2) is 36.4 Å². The highest BCUT2D eigenvalue weighted by Crippen LogP contribution is 2.35. The number of carbonyl (C=O) groups is 1. The first-order chi connectivity index (χ1) is 12.7. The summed E-state index contributed by atoms with van der Waals surface area (Å²) in [5.74, 6) is 0.0762. The van der Waals surface area contributed by atoms with Gasteiger partial charge in [-0.05, 0) is 30.7 Å². The molecule has 1 aliphatic rings. The largest absolute Gasteiger partial charge is 0.380 e. The highest BCUT2D eigenvalue weighted by Gasteiger charge is 2.21. The van der Waals surface area contributed by atoms with E-state index in [2.05, 4.69) is 6.07 Å². The van der Waals surface area contributed by atoms with Crippen molar-refractivity contribution in [3.8, 4) is 17.3 Å². The van der Waals surface area contributed by atoms with Gasteiger partial charge in [0.2, 0.25) is 0 Å². The smallest absolute Gasteiger partial charge is 0.264 e. The highest BCUT2D eigenvalue weighted by atomic mass is 32.1. The molecule has 1 saturated heterocycles.